The Hall–Kier alpha value is -3.95. The van der Waals surface area contributed by atoms with Gasteiger partial charge in [0.05, 0.1) is 17.6 Å². The van der Waals surface area contributed by atoms with Gasteiger partial charge in [-0.1, -0.05) is 42.0 Å². The maximum absolute atomic E-state index is 12.8. The lowest BCUT2D eigenvalue weighted by Gasteiger charge is -2.17. The molecule has 0 bridgehead atoms. The number of aryl methyl sites for hydroxylation is 2. The third kappa shape index (κ3) is 5.64. The first-order valence-corrected chi connectivity index (χ1v) is 12.8. The zero-order valence-corrected chi connectivity index (χ0v) is 21.1. The van der Waals surface area contributed by atoms with Crippen molar-refractivity contribution in [3.8, 4) is 0 Å². The number of hydrogen-bond acceptors (Lipinski definition) is 5. The molecule has 0 spiro atoms. The van der Waals surface area contributed by atoms with E-state index >= 15 is 0 Å². The Bertz CT molecular complexity index is 1510. The van der Waals surface area contributed by atoms with E-state index in [4.69, 9.17) is 4.42 Å². The summed E-state index contributed by atoms with van der Waals surface area (Å²) in [5.74, 6) is -0.866. The molecule has 3 aromatic carbocycles. The number of hydrogen-bond donors (Lipinski definition) is 2. The number of amides is 2. The average Bonchev–Trinajstić information content (AvgIpc) is 3.24. The zero-order chi connectivity index (χ0) is 25.9. The number of benzene rings is 3. The van der Waals surface area contributed by atoms with Gasteiger partial charge in [0.2, 0.25) is 15.9 Å². The standard InChI is InChI=1S/C27H27N3O5S/c1-18-4-11-23(12-5-18)36(33,34)30(3)16-20-7-9-21(10-8-20)27(32)29-28-26(31)15-22-17-35-25-14-19(2)6-13-24(22)25/h4-14,17H,15-16H2,1-3H3,(H,28,31)(H,29,32). The zero-order valence-electron chi connectivity index (χ0n) is 20.2. The van der Waals surface area contributed by atoms with Crippen molar-refractivity contribution in [2.75, 3.05) is 7.05 Å². The summed E-state index contributed by atoms with van der Waals surface area (Å²) in [4.78, 5) is 25.0. The van der Waals surface area contributed by atoms with Gasteiger partial charge in [0.1, 0.15) is 5.58 Å². The van der Waals surface area contributed by atoms with Crippen LogP contribution in [-0.2, 0) is 27.8 Å². The molecule has 0 radical (unpaired) electrons. The minimum Gasteiger partial charge on any atom is -0.464 e. The molecule has 1 heterocycles. The van der Waals surface area contributed by atoms with E-state index in [-0.39, 0.29) is 23.8 Å². The molecule has 0 aliphatic rings. The molecule has 0 unspecified atom stereocenters. The van der Waals surface area contributed by atoms with Gasteiger partial charge < -0.3 is 4.42 Å². The summed E-state index contributed by atoms with van der Waals surface area (Å²) in [5.41, 5.74) is 9.34. The lowest BCUT2D eigenvalue weighted by Crippen LogP contribution is -2.42. The number of furan rings is 1. The highest BCUT2D eigenvalue weighted by atomic mass is 32.2. The van der Waals surface area contributed by atoms with Gasteiger partial charge in [-0.2, -0.15) is 4.31 Å². The predicted molar refractivity (Wildman–Crippen MR) is 137 cm³/mol. The van der Waals surface area contributed by atoms with Gasteiger partial charge in [0.15, 0.2) is 0 Å². The van der Waals surface area contributed by atoms with Crippen molar-refractivity contribution in [2.24, 2.45) is 0 Å². The van der Waals surface area contributed by atoms with E-state index < -0.39 is 15.9 Å². The molecular weight excluding hydrogens is 478 g/mol. The first-order chi connectivity index (χ1) is 17.1. The van der Waals surface area contributed by atoms with Gasteiger partial charge in [0, 0.05) is 30.1 Å². The number of fused-ring (bicyclic) bond motifs is 1. The van der Waals surface area contributed by atoms with Crippen LogP contribution in [0.4, 0.5) is 0 Å². The molecule has 4 aromatic rings. The first-order valence-electron chi connectivity index (χ1n) is 11.3. The number of nitrogens with one attached hydrogen (secondary N) is 2. The highest BCUT2D eigenvalue weighted by Crippen LogP contribution is 2.22. The van der Waals surface area contributed by atoms with E-state index in [1.165, 1.54) is 11.4 Å². The predicted octanol–water partition coefficient (Wildman–Crippen LogP) is 3.87. The maximum Gasteiger partial charge on any atom is 0.269 e. The molecule has 4 rings (SSSR count). The maximum atomic E-state index is 12.8. The van der Waals surface area contributed by atoms with Crippen LogP contribution in [-0.4, -0.2) is 31.6 Å². The Labute approximate surface area is 209 Å². The molecule has 0 atom stereocenters. The smallest absolute Gasteiger partial charge is 0.269 e. The molecular formula is C27H27N3O5S. The number of rotatable bonds is 7. The molecule has 36 heavy (non-hydrogen) atoms. The van der Waals surface area contributed by atoms with Gasteiger partial charge in [-0.3, -0.25) is 20.4 Å². The van der Waals surface area contributed by atoms with Crippen LogP contribution in [0.15, 0.2) is 82.3 Å². The molecule has 0 aliphatic heterocycles. The molecule has 0 aliphatic carbocycles. The average molecular weight is 506 g/mol. The van der Waals surface area contributed by atoms with Crippen LogP contribution in [0.1, 0.15) is 32.6 Å². The third-order valence-electron chi connectivity index (χ3n) is 5.83. The van der Waals surface area contributed by atoms with E-state index in [0.717, 1.165) is 27.6 Å². The van der Waals surface area contributed by atoms with Crippen molar-refractivity contribution >= 4 is 32.8 Å². The van der Waals surface area contributed by atoms with E-state index in [2.05, 4.69) is 10.9 Å². The van der Waals surface area contributed by atoms with Crippen LogP contribution in [0.2, 0.25) is 0 Å². The van der Waals surface area contributed by atoms with Crippen LogP contribution < -0.4 is 10.9 Å². The number of sulfonamides is 1. The molecule has 0 fully saturated rings. The van der Waals surface area contributed by atoms with Gasteiger partial charge in [-0.25, -0.2) is 8.42 Å². The summed E-state index contributed by atoms with van der Waals surface area (Å²) in [5, 5.41) is 0.854. The molecule has 0 saturated carbocycles. The molecule has 1 aromatic heterocycles. The molecule has 2 amide bonds. The Kier molecular flexibility index (Phi) is 7.23. The Morgan fingerprint density at radius 2 is 1.56 bits per heavy atom. The number of carbonyl (C=O) groups excluding carboxylic acids is 2. The van der Waals surface area contributed by atoms with Gasteiger partial charge in [-0.05, 0) is 55.3 Å². The SMILES string of the molecule is Cc1ccc(S(=O)(=O)N(C)Cc2ccc(C(=O)NNC(=O)Cc3coc4cc(C)ccc34)cc2)cc1. The van der Waals surface area contributed by atoms with Crippen molar-refractivity contribution in [2.45, 2.75) is 31.7 Å². The monoisotopic (exact) mass is 505 g/mol. The van der Waals surface area contributed by atoms with Gasteiger partial charge >= 0.3 is 0 Å². The van der Waals surface area contributed by atoms with E-state index in [1.807, 2.05) is 32.0 Å². The quantitative estimate of drug-likeness (QED) is 0.371. The third-order valence-corrected chi connectivity index (χ3v) is 7.65. The molecule has 0 saturated heterocycles. The van der Waals surface area contributed by atoms with Crippen molar-refractivity contribution < 1.29 is 22.4 Å². The molecule has 2 N–H and O–H groups in total. The normalized spacial score (nSPS) is 11.6. The van der Waals surface area contributed by atoms with Crippen LogP contribution in [0.3, 0.4) is 0 Å². The van der Waals surface area contributed by atoms with E-state index in [9.17, 15) is 18.0 Å². The van der Waals surface area contributed by atoms with Crippen molar-refractivity contribution in [1.29, 1.82) is 0 Å². The largest absolute Gasteiger partial charge is 0.464 e. The molecule has 186 valence electrons. The molecule has 8 nitrogen and oxygen atoms in total. The van der Waals surface area contributed by atoms with Crippen molar-refractivity contribution in [1.82, 2.24) is 15.2 Å². The minimum absolute atomic E-state index is 0.0526. The van der Waals surface area contributed by atoms with Crippen molar-refractivity contribution in [3.05, 3.63) is 101 Å². The van der Waals surface area contributed by atoms with Crippen molar-refractivity contribution in [3.63, 3.8) is 0 Å². The van der Waals surface area contributed by atoms with E-state index in [1.54, 1.807) is 54.8 Å². The topological polar surface area (TPSA) is 109 Å². The fourth-order valence-electron chi connectivity index (χ4n) is 3.74. The van der Waals surface area contributed by atoms with E-state index in [0.29, 0.717) is 11.1 Å². The highest BCUT2D eigenvalue weighted by Gasteiger charge is 2.21. The minimum atomic E-state index is -3.64. The summed E-state index contributed by atoms with van der Waals surface area (Å²) >= 11 is 0. The number of carbonyl (C=O) groups is 2. The number of nitrogens with zero attached hydrogens (tertiary/aromatic N) is 1. The number of hydrazine groups is 1. The van der Waals surface area contributed by atoms with Crippen LogP contribution in [0, 0.1) is 13.8 Å². The Morgan fingerprint density at radius 1 is 0.889 bits per heavy atom. The Balaban J connectivity index is 1.32. The Morgan fingerprint density at radius 3 is 2.25 bits per heavy atom. The summed E-state index contributed by atoms with van der Waals surface area (Å²) < 4.78 is 32.3. The van der Waals surface area contributed by atoms with Gasteiger partial charge in [0.25, 0.3) is 5.91 Å². The van der Waals surface area contributed by atoms with Gasteiger partial charge in [-0.15, -0.1) is 0 Å². The lowest BCUT2D eigenvalue weighted by molar-refractivity contribution is -0.121. The van der Waals surface area contributed by atoms with Crippen LogP contribution >= 0.6 is 0 Å². The summed E-state index contributed by atoms with van der Waals surface area (Å²) in [6.07, 6.45) is 1.59. The second-order valence-electron chi connectivity index (χ2n) is 8.71. The second-order valence-corrected chi connectivity index (χ2v) is 10.8. The first kappa shape index (κ1) is 25.2. The fourth-order valence-corrected chi connectivity index (χ4v) is 4.90. The van der Waals surface area contributed by atoms with Crippen LogP contribution in [0.5, 0.6) is 0 Å². The highest BCUT2D eigenvalue weighted by molar-refractivity contribution is 7.89. The fraction of sp³-hybridized carbons (Fsp3) is 0.185. The van der Waals surface area contributed by atoms with Crippen LogP contribution in [0.25, 0.3) is 11.0 Å². The second kappa shape index (κ2) is 10.3. The summed E-state index contributed by atoms with van der Waals surface area (Å²) in [6, 6.07) is 18.9. The summed E-state index contributed by atoms with van der Waals surface area (Å²) in [7, 11) is -2.13. The lowest BCUT2D eigenvalue weighted by atomic mass is 10.1. The molecule has 9 heteroatoms. The summed E-state index contributed by atoms with van der Waals surface area (Å²) in [6.45, 7) is 4.00.